The molecule has 1 amide bonds. The van der Waals surface area contributed by atoms with Crippen molar-refractivity contribution >= 4 is 40.8 Å². The highest BCUT2D eigenvalue weighted by Crippen LogP contribution is 2.43. The molecule has 1 atom stereocenters. The standard InChI is InChI=1S/C20H18F3NOS2/c1-11-5-6-14-15-10-26-18(9-17(15)27-16(14)7-11)19(25)24-13-4-2-3-12(8-13)20(21,22)23/h2-4,8-9,11H,5-7,10H2,1H3,(H,24,25)/t11-/m0/s1. The number of hydrogen-bond acceptors (Lipinski definition) is 3. The summed E-state index contributed by atoms with van der Waals surface area (Å²) in [5.74, 6) is 1.08. The molecule has 2 nitrogen and oxygen atoms in total. The molecule has 1 aliphatic heterocycles. The number of nitrogens with one attached hydrogen (secondary N) is 1. The summed E-state index contributed by atoms with van der Waals surface area (Å²) in [7, 11) is 0. The van der Waals surface area contributed by atoms with Crippen LogP contribution in [0, 0.1) is 5.92 Å². The molecule has 142 valence electrons. The number of thioether (sulfide) groups is 1. The van der Waals surface area contributed by atoms with Gasteiger partial charge in [-0.3, -0.25) is 4.79 Å². The van der Waals surface area contributed by atoms with Gasteiger partial charge in [-0.15, -0.1) is 23.1 Å². The molecule has 4 rings (SSSR count). The Morgan fingerprint density at radius 3 is 2.85 bits per heavy atom. The van der Waals surface area contributed by atoms with E-state index in [1.807, 2.05) is 6.08 Å². The van der Waals surface area contributed by atoms with E-state index in [1.165, 1.54) is 46.3 Å². The summed E-state index contributed by atoms with van der Waals surface area (Å²) < 4.78 is 38.5. The van der Waals surface area contributed by atoms with E-state index >= 15 is 0 Å². The second kappa shape index (κ2) is 7.02. The molecule has 1 aromatic heterocycles. The first-order valence-corrected chi connectivity index (χ1v) is 10.6. The maximum atomic E-state index is 12.8. The molecule has 2 aromatic rings. The first-order valence-electron chi connectivity index (χ1n) is 8.78. The van der Waals surface area contributed by atoms with Crippen LogP contribution >= 0.6 is 23.1 Å². The van der Waals surface area contributed by atoms with E-state index in [9.17, 15) is 18.0 Å². The quantitative estimate of drug-likeness (QED) is 0.648. The van der Waals surface area contributed by atoms with Crippen molar-refractivity contribution in [3.05, 3.63) is 55.6 Å². The summed E-state index contributed by atoms with van der Waals surface area (Å²) in [5.41, 5.74) is 2.17. The maximum Gasteiger partial charge on any atom is 0.416 e. The second-order valence-corrected chi connectivity index (χ2v) is 9.18. The van der Waals surface area contributed by atoms with Crippen molar-refractivity contribution in [3.8, 4) is 0 Å². The van der Waals surface area contributed by atoms with Crippen LogP contribution in [-0.4, -0.2) is 5.91 Å². The Hall–Kier alpha value is -1.73. The average Bonchev–Trinajstić information content (AvgIpc) is 2.97. The monoisotopic (exact) mass is 409 g/mol. The molecule has 0 unspecified atom stereocenters. The fourth-order valence-corrected chi connectivity index (χ4v) is 6.18. The minimum atomic E-state index is -4.43. The van der Waals surface area contributed by atoms with Crippen LogP contribution < -0.4 is 5.32 Å². The van der Waals surface area contributed by atoms with E-state index < -0.39 is 11.7 Å². The molecule has 2 aliphatic rings. The lowest BCUT2D eigenvalue weighted by atomic mass is 9.88. The molecule has 1 aromatic carbocycles. The lowest BCUT2D eigenvalue weighted by Gasteiger charge is -2.20. The van der Waals surface area contributed by atoms with Crippen LogP contribution in [0.1, 0.15) is 39.8 Å². The fraction of sp³-hybridized carbons (Fsp3) is 0.350. The SMILES string of the molecule is C[C@H]1CCc2c(sc3c2CSC(C(=O)Nc2cccc(C(F)(F)F)c2)=C3)C1. The number of halogens is 3. The molecule has 1 N–H and O–H groups in total. The summed E-state index contributed by atoms with van der Waals surface area (Å²) >= 11 is 3.21. The number of anilines is 1. The molecule has 0 radical (unpaired) electrons. The van der Waals surface area contributed by atoms with E-state index in [0.29, 0.717) is 10.8 Å². The molecule has 7 heteroatoms. The Bertz CT molecular complexity index is 930. The number of amides is 1. The molecule has 1 aliphatic carbocycles. The van der Waals surface area contributed by atoms with Crippen molar-refractivity contribution in [2.24, 2.45) is 5.92 Å². The molecular formula is C20H18F3NOS2. The van der Waals surface area contributed by atoms with E-state index in [1.54, 1.807) is 11.3 Å². The molecule has 0 saturated heterocycles. The van der Waals surface area contributed by atoms with Gasteiger partial charge < -0.3 is 5.32 Å². The summed E-state index contributed by atoms with van der Waals surface area (Å²) in [6, 6.07) is 4.72. The van der Waals surface area contributed by atoms with Crippen LogP contribution in [0.15, 0.2) is 29.2 Å². The number of thiophene rings is 1. The smallest absolute Gasteiger partial charge is 0.322 e. The summed E-state index contributed by atoms with van der Waals surface area (Å²) in [5, 5.41) is 2.60. The van der Waals surface area contributed by atoms with Crippen molar-refractivity contribution in [2.45, 2.75) is 38.1 Å². The number of carbonyl (C=O) groups excluding carboxylic acids is 1. The van der Waals surface area contributed by atoms with Crippen molar-refractivity contribution in [1.29, 1.82) is 0 Å². The number of fused-ring (bicyclic) bond motifs is 3. The Labute approximate surface area is 163 Å². The van der Waals surface area contributed by atoms with Crippen LogP contribution in [0.25, 0.3) is 6.08 Å². The molecule has 27 heavy (non-hydrogen) atoms. The first-order chi connectivity index (χ1) is 12.8. The van der Waals surface area contributed by atoms with Crippen LogP contribution in [0.3, 0.4) is 0 Å². The predicted octanol–water partition coefficient (Wildman–Crippen LogP) is 6.12. The Morgan fingerprint density at radius 2 is 2.07 bits per heavy atom. The minimum Gasteiger partial charge on any atom is -0.322 e. The van der Waals surface area contributed by atoms with Crippen LogP contribution in [0.4, 0.5) is 18.9 Å². The summed E-state index contributed by atoms with van der Waals surface area (Å²) in [4.78, 5) is 15.7. The normalized spacial score (nSPS) is 19.1. The zero-order chi connectivity index (χ0) is 19.2. The molecule has 0 spiro atoms. The van der Waals surface area contributed by atoms with Gasteiger partial charge in [-0.05, 0) is 60.6 Å². The highest BCUT2D eigenvalue weighted by atomic mass is 32.2. The maximum absolute atomic E-state index is 12.8. The second-order valence-electron chi connectivity index (χ2n) is 7.02. The molecule has 0 bridgehead atoms. The van der Waals surface area contributed by atoms with E-state index in [0.717, 1.165) is 35.6 Å². The third kappa shape index (κ3) is 3.80. The Morgan fingerprint density at radius 1 is 1.26 bits per heavy atom. The Kier molecular flexibility index (Phi) is 4.84. The zero-order valence-corrected chi connectivity index (χ0v) is 16.3. The summed E-state index contributed by atoms with van der Waals surface area (Å²) in [6.45, 7) is 2.26. The minimum absolute atomic E-state index is 0.154. The van der Waals surface area contributed by atoms with E-state index in [4.69, 9.17) is 0 Å². The molecule has 2 heterocycles. The predicted molar refractivity (Wildman–Crippen MR) is 105 cm³/mol. The van der Waals surface area contributed by atoms with E-state index in [-0.39, 0.29) is 11.6 Å². The van der Waals surface area contributed by atoms with Crippen LogP contribution in [-0.2, 0) is 29.6 Å². The molecular weight excluding hydrogens is 391 g/mol. The zero-order valence-electron chi connectivity index (χ0n) is 14.7. The van der Waals surface area contributed by atoms with E-state index in [2.05, 4.69) is 12.2 Å². The molecule has 0 fully saturated rings. The average molecular weight is 409 g/mol. The number of alkyl halides is 3. The van der Waals surface area contributed by atoms with Crippen molar-refractivity contribution < 1.29 is 18.0 Å². The number of rotatable bonds is 2. The van der Waals surface area contributed by atoms with Gasteiger partial charge in [-0.25, -0.2) is 0 Å². The van der Waals surface area contributed by atoms with Gasteiger partial charge in [0.2, 0.25) is 0 Å². The highest BCUT2D eigenvalue weighted by Gasteiger charge is 2.31. The van der Waals surface area contributed by atoms with Crippen molar-refractivity contribution in [3.63, 3.8) is 0 Å². The summed E-state index contributed by atoms with van der Waals surface area (Å²) in [6.07, 6.45) is 0.856. The van der Waals surface area contributed by atoms with Gasteiger partial charge in [0.25, 0.3) is 5.91 Å². The number of hydrogen-bond donors (Lipinski definition) is 1. The molecule has 0 saturated carbocycles. The van der Waals surface area contributed by atoms with Gasteiger partial charge in [0, 0.05) is 21.2 Å². The fourth-order valence-electron chi connectivity index (χ4n) is 3.52. The third-order valence-electron chi connectivity index (χ3n) is 4.96. The van der Waals surface area contributed by atoms with Crippen LogP contribution in [0.5, 0.6) is 0 Å². The van der Waals surface area contributed by atoms with Gasteiger partial charge in [-0.1, -0.05) is 13.0 Å². The van der Waals surface area contributed by atoms with Gasteiger partial charge in [-0.2, -0.15) is 13.2 Å². The first kappa shape index (κ1) is 18.6. The number of carbonyl (C=O) groups is 1. The van der Waals surface area contributed by atoms with Gasteiger partial charge in [0.05, 0.1) is 10.5 Å². The van der Waals surface area contributed by atoms with Gasteiger partial charge >= 0.3 is 6.18 Å². The largest absolute Gasteiger partial charge is 0.416 e. The lowest BCUT2D eigenvalue weighted by molar-refractivity contribution is -0.137. The topological polar surface area (TPSA) is 29.1 Å². The number of benzene rings is 1. The highest BCUT2D eigenvalue weighted by molar-refractivity contribution is 8.03. The van der Waals surface area contributed by atoms with Gasteiger partial charge in [0.15, 0.2) is 0 Å². The van der Waals surface area contributed by atoms with Crippen LogP contribution in [0.2, 0.25) is 0 Å². The lowest BCUT2D eigenvalue weighted by Crippen LogP contribution is -2.15. The van der Waals surface area contributed by atoms with Crippen molar-refractivity contribution in [1.82, 2.24) is 0 Å². The third-order valence-corrected chi connectivity index (χ3v) is 7.25. The Balaban J connectivity index is 1.55. The van der Waals surface area contributed by atoms with Crippen molar-refractivity contribution in [2.75, 3.05) is 5.32 Å². The van der Waals surface area contributed by atoms with Gasteiger partial charge in [0.1, 0.15) is 0 Å².